The van der Waals surface area contributed by atoms with E-state index >= 15 is 0 Å². The molecule has 0 spiro atoms. The van der Waals surface area contributed by atoms with E-state index in [-0.39, 0.29) is 3.59 Å². The number of halogens is 1. The summed E-state index contributed by atoms with van der Waals surface area (Å²) in [7, 11) is -1.84. The Balaban J connectivity index is 2.20. The van der Waals surface area contributed by atoms with E-state index in [1.54, 1.807) is 5.30 Å². The Morgan fingerprint density at radius 2 is 1.19 bits per heavy atom. The van der Waals surface area contributed by atoms with Gasteiger partial charge in [-0.05, 0) is 0 Å². The maximum atomic E-state index is 7.15. The van der Waals surface area contributed by atoms with Crippen LogP contribution >= 0.6 is 18.9 Å². The molecule has 0 radical (unpaired) electrons. The van der Waals surface area contributed by atoms with E-state index in [1.807, 2.05) is 0 Å². The Morgan fingerprint density at radius 3 is 1.50 bits per heavy atom. The maximum absolute atomic E-state index is 7.15. The van der Waals surface area contributed by atoms with E-state index in [9.17, 15) is 0 Å². The molecule has 2 saturated carbocycles. The van der Waals surface area contributed by atoms with Gasteiger partial charge in [-0.25, -0.2) is 0 Å². The van der Waals surface area contributed by atoms with Gasteiger partial charge in [0.1, 0.15) is 0 Å². The topological polar surface area (TPSA) is 0 Å². The standard InChI is InChI=1S/C23H37ClP.Pd/c1-17(2)19-13-20(18(3)4)15-23(14-19)25(16-24,21-9-5-6-10-21)22-11-7-8-12-22;/h13-18,21-22,25H,5-12H2,1-4H3;. The van der Waals surface area contributed by atoms with Crippen LogP contribution in [0.25, 0.3) is 0 Å². The van der Waals surface area contributed by atoms with Gasteiger partial charge in [0, 0.05) is 0 Å². The first kappa shape index (κ1) is 21.3. The molecule has 151 valence electrons. The number of hydrogen-bond acceptors (Lipinski definition) is 0. The molecule has 0 aliphatic heterocycles. The molecule has 2 fully saturated rings. The molecular weight excluding hydrogens is 449 g/mol. The van der Waals surface area contributed by atoms with Crippen LogP contribution in [-0.4, -0.2) is 14.9 Å². The van der Waals surface area contributed by atoms with Gasteiger partial charge in [-0.3, -0.25) is 0 Å². The van der Waals surface area contributed by atoms with Crippen molar-refractivity contribution in [2.24, 2.45) is 0 Å². The van der Waals surface area contributed by atoms with Crippen LogP contribution in [0.15, 0.2) is 18.2 Å². The fourth-order valence-corrected chi connectivity index (χ4v) is 16.1. The SMILES string of the molecule is CC(C)c1cc(C(C)C)cc([PH]([CH](Cl)[Pd])(C2CCCC2)C2CCCC2)c1. The van der Waals surface area contributed by atoms with Crippen molar-refractivity contribution in [3.05, 3.63) is 29.3 Å². The van der Waals surface area contributed by atoms with Crippen LogP contribution in [0.3, 0.4) is 0 Å². The van der Waals surface area contributed by atoms with Gasteiger partial charge >= 0.3 is 179 Å². The summed E-state index contributed by atoms with van der Waals surface area (Å²) in [5, 5.41) is 1.68. The average Bonchev–Trinajstić information content (AvgIpc) is 3.29. The van der Waals surface area contributed by atoms with Crippen molar-refractivity contribution in [2.75, 3.05) is 0 Å². The summed E-state index contributed by atoms with van der Waals surface area (Å²) in [6.45, 7) is 9.36. The molecule has 2 aliphatic rings. The van der Waals surface area contributed by atoms with Gasteiger partial charge in [-0.2, -0.15) is 0 Å². The van der Waals surface area contributed by atoms with Crippen molar-refractivity contribution >= 4 is 24.2 Å². The van der Waals surface area contributed by atoms with E-state index in [1.165, 1.54) is 62.5 Å². The molecule has 0 nitrogen and oxygen atoms in total. The number of benzene rings is 1. The first-order valence-corrected chi connectivity index (χ1v) is 14.3. The minimum absolute atomic E-state index is 0.194. The predicted molar refractivity (Wildman–Crippen MR) is 117 cm³/mol. The Morgan fingerprint density at radius 1 is 0.808 bits per heavy atom. The van der Waals surface area contributed by atoms with Gasteiger partial charge in [-0.1, -0.05) is 0 Å². The fourth-order valence-electron chi connectivity index (χ4n) is 5.65. The van der Waals surface area contributed by atoms with Gasteiger partial charge in [0.25, 0.3) is 0 Å². The summed E-state index contributed by atoms with van der Waals surface area (Å²) < 4.78 is 0.194. The molecular formula is C23H37ClPPd. The average molecular weight is 486 g/mol. The summed E-state index contributed by atoms with van der Waals surface area (Å²) in [4.78, 5) is 0. The summed E-state index contributed by atoms with van der Waals surface area (Å²) in [5.74, 6) is 1.16. The summed E-state index contributed by atoms with van der Waals surface area (Å²) >= 11 is 10.8. The molecule has 0 aromatic heterocycles. The quantitative estimate of drug-likeness (QED) is 0.226. The second-order valence-electron chi connectivity index (χ2n) is 9.36. The molecule has 3 heteroatoms. The van der Waals surface area contributed by atoms with Crippen LogP contribution in [0.5, 0.6) is 0 Å². The minimum atomic E-state index is -1.84. The van der Waals surface area contributed by atoms with E-state index in [0.29, 0.717) is 11.8 Å². The second kappa shape index (κ2) is 8.95. The number of rotatable bonds is 6. The van der Waals surface area contributed by atoms with Gasteiger partial charge in [0.05, 0.1) is 0 Å². The van der Waals surface area contributed by atoms with Crippen molar-refractivity contribution < 1.29 is 19.2 Å². The van der Waals surface area contributed by atoms with E-state index in [2.05, 4.69) is 65.1 Å². The molecule has 2 aliphatic carbocycles. The number of alkyl halides is 1. The fraction of sp³-hybridized carbons (Fsp3) is 0.739. The Labute approximate surface area is 178 Å². The molecule has 3 rings (SSSR count). The van der Waals surface area contributed by atoms with Crippen molar-refractivity contribution in [1.29, 1.82) is 0 Å². The third-order valence-corrected chi connectivity index (χ3v) is 16.3. The van der Waals surface area contributed by atoms with E-state index < -0.39 is 7.26 Å². The normalized spacial score (nSPS) is 21.9. The van der Waals surface area contributed by atoms with Crippen LogP contribution in [0.4, 0.5) is 0 Å². The number of hydrogen-bond donors (Lipinski definition) is 0. The first-order valence-electron chi connectivity index (χ1n) is 10.8. The molecule has 0 amide bonds. The molecule has 0 bridgehead atoms. The second-order valence-corrected chi connectivity index (χ2v) is 17.0. The molecule has 1 aromatic carbocycles. The zero-order valence-electron chi connectivity index (χ0n) is 17.0. The zero-order valence-corrected chi connectivity index (χ0v) is 20.3. The van der Waals surface area contributed by atoms with Crippen LogP contribution < -0.4 is 5.30 Å². The first-order chi connectivity index (χ1) is 12.4. The molecule has 1 aromatic rings. The predicted octanol–water partition coefficient (Wildman–Crippen LogP) is 7.26. The van der Waals surface area contributed by atoms with Crippen LogP contribution in [0.1, 0.15) is 102 Å². The Bertz CT molecular complexity index is 556. The molecule has 1 atom stereocenters. The van der Waals surface area contributed by atoms with E-state index in [0.717, 1.165) is 11.3 Å². The third-order valence-electron chi connectivity index (χ3n) is 7.20. The van der Waals surface area contributed by atoms with Crippen LogP contribution in [0.2, 0.25) is 0 Å². The Kier molecular flexibility index (Phi) is 7.34. The molecule has 0 N–H and O–H groups in total. The molecule has 26 heavy (non-hydrogen) atoms. The van der Waals surface area contributed by atoms with Crippen LogP contribution in [-0.2, 0) is 19.2 Å². The third kappa shape index (κ3) is 3.99. The molecule has 0 saturated heterocycles. The van der Waals surface area contributed by atoms with Crippen molar-refractivity contribution in [2.45, 2.75) is 106 Å². The van der Waals surface area contributed by atoms with Crippen molar-refractivity contribution in [3.8, 4) is 0 Å². The van der Waals surface area contributed by atoms with Gasteiger partial charge < -0.3 is 0 Å². The van der Waals surface area contributed by atoms with Gasteiger partial charge in [-0.15, -0.1) is 0 Å². The summed E-state index contributed by atoms with van der Waals surface area (Å²) in [6.07, 6.45) is 11.3. The summed E-state index contributed by atoms with van der Waals surface area (Å²) in [5.41, 5.74) is 4.77. The summed E-state index contributed by atoms with van der Waals surface area (Å²) in [6, 6.07) is 7.63. The van der Waals surface area contributed by atoms with Crippen LogP contribution in [0, 0.1) is 0 Å². The Hall–Kier alpha value is 0.602. The van der Waals surface area contributed by atoms with Gasteiger partial charge in [0.15, 0.2) is 0 Å². The van der Waals surface area contributed by atoms with Crippen molar-refractivity contribution in [1.82, 2.24) is 0 Å². The van der Waals surface area contributed by atoms with Gasteiger partial charge in [0.2, 0.25) is 0 Å². The molecule has 1 unspecified atom stereocenters. The van der Waals surface area contributed by atoms with Crippen molar-refractivity contribution in [3.63, 3.8) is 0 Å². The molecule has 0 heterocycles. The zero-order chi connectivity index (χ0) is 18.9. The van der Waals surface area contributed by atoms with E-state index in [4.69, 9.17) is 11.6 Å². The monoisotopic (exact) mass is 485 g/mol.